The van der Waals surface area contributed by atoms with Gasteiger partial charge in [0.05, 0.1) is 5.60 Å². The highest BCUT2D eigenvalue weighted by Gasteiger charge is 2.28. The summed E-state index contributed by atoms with van der Waals surface area (Å²) in [5, 5.41) is 16.7. The van der Waals surface area contributed by atoms with E-state index in [0.717, 1.165) is 24.4 Å². The Balaban J connectivity index is 2.02. The second kappa shape index (κ2) is 6.19. The van der Waals surface area contributed by atoms with Crippen molar-refractivity contribution in [2.45, 2.75) is 31.4 Å². The van der Waals surface area contributed by atoms with Gasteiger partial charge in [-0.1, -0.05) is 0 Å². The monoisotopic (exact) mass is 316 g/mol. The third-order valence-electron chi connectivity index (χ3n) is 2.94. The molecule has 1 aromatic heterocycles. The maximum atomic E-state index is 12.1. The van der Waals surface area contributed by atoms with E-state index in [1.165, 1.54) is 0 Å². The van der Waals surface area contributed by atoms with Crippen LogP contribution in [0.2, 0.25) is 0 Å². The Morgan fingerprint density at radius 2 is 2.35 bits per heavy atom. The minimum Gasteiger partial charge on any atom is -0.387 e. The largest absolute Gasteiger partial charge is 0.387 e. The second-order valence-corrected chi connectivity index (χ2v) is 6.94. The molecular weight excluding hydrogens is 296 g/mol. The number of carbonyl (C=O) groups is 1. The van der Waals surface area contributed by atoms with Crippen molar-refractivity contribution in [3.63, 3.8) is 0 Å². The molecule has 1 heterocycles. The van der Waals surface area contributed by atoms with Gasteiger partial charge in [0.1, 0.15) is 10.6 Å². The number of anilines is 2. The van der Waals surface area contributed by atoms with Crippen LogP contribution in [0.4, 0.5) is 10.8 Å². The molecule has 1 aromatic rings. The van der Waals surface area contributed by atoms with Gasteiger partial charge in [0, 0.05) is 18.3 Å². The number of aliphatic hydroxyl groups is 1. The second-order valence-electron chi connectivity index (χ2n) is 5.30. The van der Waals surface area contributed by atoms with Gasteiger partial charge in [-0.15, -0.1) is 0 Å². The Morgan fingerprint density at radius 1 is 1.65 bits per heavy atom. The number of hydrogen-bond donors (Lipinski definition) is 4. The van der Waals surface area contributed by atoms with E-state index in [9.17, 15) is 9.90 Å². The molecule has 1 fully saturated rings. The number of thioether (sulfide) groups is 1. The van der Waals surface area contributed by atoms with E-state index >= 15 is 0 Å². The van der Waals surface area contributed by atoms with Crippen molar-refractivity contribution in [1.29, 1.82) is 0 Å². The standard InChI is InChI=1S/C12H20N4O2S2/c1-12(18,6-19-2)5-14-11-8(9(13)16-20-11)10(17)15-7-3-4-7/h7,14,18H,3-6H2,1-2H3,(H2,13,16)(H,15,17). The summed E-state index contributed by atoms with van der Waals surface area (Å²) in [6.45, 7) is 2.10. The zero-order chi connectivity index (χ0) is 14.8. The smallest absolute Gasteiger partial charge is 0.258 e. The van der Waals surface area contributed by atoms with Crippen LogP contribution in [0.1, 0.15) is 30.1 Å². The van der Waals surface area contributed by atoms with E-state index in [1.807, 2.05) is 6.26 Å². The quantitative estimate of drug-likeness (QED) is 0.602. The minimum absolute atomic E-state index is 0.189. The molecule has 1 aliphatic rings. The highest BCUT2D eigenvalue weighted by atomic mass is 32.2. The summed E-state index contributed by atoms with van der Waals surface area (Å²) in [6.07, 6.45) is 3.98. The third kappa shape index (κ3) is 4.00. The van der Waals surface area contributed by atoms with Crippen LogP contribution in [0.25, 0.3) is 0 Å². The van der Waals surface area contributed by atoms with Gasteiger partial charge in [0.15, 0.2) is 5.82 Å². The normalized spacial score (nSPS) is 17.6. The van der Waals surface area contributed by atoms with E-state index < -0.39 is 5.60 Å². The summed E-state index contributed by atoms with van der Waals surface area (Å²) >= 11 is 2.72. The number of nitrogen functional groups attached to an aromatic ring is 1. The van der Waals surface area contributed by atoms with Crippen molar-refractivity contribution in [2.75, 3.05) is 29.6 Å². The van der Waals surface area contributed by atoms with Crippen molar-refractivity contribution in [2.24, 2.45) is 0 Å². The van der Waals surface area contributed by atoms with E-state index in [4.69, 9.17) is 5.73 Å². The maximum absolute atomic E-state index is 12.1. The van der Waals surface area contributed by atoms with Crippen LogP contribution in [-0.2, 0) is 0 Å². The SMILES string of the molecule is CSCC(C)(O)CNc1snc(N)c1C(=O)NC1CC1. The minimum atomic E-state index is -0.845. The number of nitrogens with zero attached hydrogens (tertiary/aromatic N) is 1. The van der Waals surface area contributed by atoms with Crippen molar-refractivity contribution >= 4 is 40.0 Å². The molecule has 1 atom stereocenters. The van der Waals surface area contributed by atoms with Crippen LogP contribution in [0.3, 0.4) is 0 Å². The maximum Gasteiger partial charge on any atom is 0.258 e. The number of nitrogens with one attached hydrogen (secondary N) is 2. The van der Waals surface area contributed by atoms with Gasteiger partial charge in [-0.05, 0) is 37.6 Å². The first-order chi connectivity index (χ1) is 9.43. The molecule has 112 valence electrons. The fourth-order valence-corrected chi connectivity index (χ4v) is 3.19. The van der Waals surface area contributed by atoms with E-state index in [0.29, 0.717) is 22.9 Å². The molecule has 0 saturated heterocycles. The molecule has 0 aromatic carbocycles. The molecule has 0 radical (unpaired) electrons. The lowest BCUT2D eigenvalue weighted by molar-refractivity contribution is 0.0946. The predicted molar refractivity (Wildman–Crippen MR) is 84.5 cm³/mol. The molecule has 20 heavy (non-hydrogen) atoms. The predicted octanol–water partition coefficient (Wildman–Crippen LogP) is 1.14. The zero-order valence-corrected chi connectivity index (χ0v) is 13.2. The number of amides is 1. The Labute approximate surface area is 126 Å². The number of aromatic nitrogens is 1. The molecule has 1 aliphatic carbocycles. The molecule has 1 unspecified atom stereocenters. The molecule has 0 bridgehead atoms. The van der Waals surface area contributed by atoms with E-state index in [2.05, 4.69) is 15.0 Å². The van der Waals surface area contributed by atoms with Gasteiger partial charge in [-0.3, -0.25) is 4.79 Å². The average Bonchev–Trinajstić information content (AvgIpc) is 3.08. The Bertz CT molecular complexity index is 486. The third-order valence-corrected chi connectivity index (χ3v) is 4.67. The van der Waals surface area contributed by atoms with Gasteiger partial charge in [-0.25, -0.2) is 0 Å². The number of carbonyl (C=O) groups excluding carboxylic acids is 1. The molecule has 2 rings (SSSR count). The molecule has 1 saturated carbocycles. The molecule has 5 N–H and O–H groups in total. The topological polar surface area (TPSA) is 100 Å². The Morgan fingerprint density at radius 3 is 2.95 bits per heavy atom. The van der Waals surface area contributed by atoms with Gasteiger partial charge < -0.3 is 21.5 Å². The van der Waals surface area contributed by atoms with Crippen LogP contribution < -0.4 is 16.4 Å². The lowest BCUT2D eigenvalue weighted by Gasteiger charge is -2.22. The number of rotatable bonds is 7. The van der Waals surface area contributed by atoms with Crippen LogP contribution in [-0.4, -0.2) is 45.6 Å². The zero-order valence-electron chi connectivity index (χ0n) is 11.6. The molecule has 8 heteroatoms. The van der Waals surface area contributed by atoms with Crippen LogP contribution >= 0.6 is 23.3 Å². The van der Waals surface area contributed by atoms with Crippen LogP contribution in [0, 0.1) is 0 Å². The lowest BCUT2D eigenvalue weighted by Crippen LogP contribution is -2.36. The van der Waals surface area contributed by atoms with Crippen LogP contribution in [0.15, 0.2) is 0 Å². The average molecular weight is 316 g/mol. The van der Waals surface area contributed by atoms with Gasteiger partial charge in [0.25, 0.3) is 5.91 Å². The van der Waals surface area contributed by atoms with Crippen molar-refractivity contribution < 1.29 is 9.90 Å². The van der Waals surface area contributed by atoms with Gasteiger partial charge in [-0.2, -0.15) is 16.1 Å². The van der Waals surface area contributed by atoms with Crippen molar-refractivity contribution in [3.8, 4) is 0 Å². The fourth-order valence-electron chi connectivity index (χ4n) is 1.76. The fraction of sp³-hybridized carbons (Fsp3) is 0.667. The van der Waals surface area contributed by atoms with Crippen molar-refractivity contribution in [1.82, 2.24) is 9.69 Å². The molecular formula is C12H20N4O2S2. The molecule has 0 spiro atoms. The number of hydrogen-bond acceptors (Lipinski definition) is 7. The van der Waals surface area contributed by atoms with E-state index in [1.54, 1.807) is 18.7 Å². The summed E-state index contributed by atoms with van der Waals surface area (Å²) in [6, 6.07) is 0.272. The first-order valence-corrected chi connectivity index (χ1v) is 8.61. The summed E-state index contributed by atoms with van der Waals surface area (Å²) in [5.74, 6) is 0.656. The molecule has 0 aliphatic heterocycles. The van der Waals surface area contributed by atoms with Gasteiger partial charge in [0.2, 0.25) is 0 Å². The Kier molecular flexibility index (Phi) is 4.77. The highest BCUT2D eigenvalue weighted by molar-refractivity contribution is 7.98. The van der Waals surface area contributed by atoms with Crippen molar-refractivity contribution in [3.05, 3.63) is 5.56 Å². The lowest BCUT2D eigenvalue weighted by atomic mass is 10.1. The number of nitrogens with two attached hydrogens (primary N) is 1. The molecule has 1 amide bonds. The Hall–Kier alpha value is -0.990. The highest BCUT2D eigenvalue weighted by Crippen LogP contribution is 2.29. The molecule has 6 nitrogen and oxygen atoms in total. The first-order valence-electron chi connectivity index (χ1n) is 6.44. The summed E-state index contributed by atoms with van der Waals surface area (Å²) in [7, 11) is 0. The first kappa shape index (κ1) is 15.4. The van der Waals surface area contributed by atoms with Gasteiger partial charge >= 0.3 is 0 Å². The summed E-state index contributed by atoms with van der Waals surface area (Å²) < 4.78 is 4.02. The van der Waals surface area contributed by atoms with E-state index in [-0.39, 0.29) is 17.8 Å². The summed E-state index contributed by atoms with van der Waals surface area (Å²) in [4.78, 5) is 12.1. The summed E-state index contributed by atoms with van der Waals surface area (Å²) in [5.41, 5.74) is 5.31. The van der Waals surface area contributed by atoms with Crippen LogP contribution in [0.5, 0.6) is 0 Å².